The number of para-hydroxylation sites is 1. The van der Waals surface area contributed by atoms with Gasteiger partial charge in [0.2, 0.25) is 11.8 Å². The lowest BCUT2D eigenvalue weighted by Gasteiger charge is -2.35. The van der Waals surface area contributed by atoms with E-state index in [1.807, 2.05) is 29.1 Å². The van der Waals surface area contributed by atoms with Gasteiger partial charge >= 0.3 is 11.9 Å². The lowest BCUT2D eigenvalue weighted by Crippen LogP contribution is -2.44. The summed E-state index contributed by atoms with van der Waals surface area (Å²) in [5, 5.41) is 10.6. The average molecular weight is 788 g/mol. The third-order valence-corrected chi connectivity index (χ3v) is 11.8. The number of aromatic nitrogens is 5. The Morgan fingerprint density at radius 1 is 1.02 bits per heavy atom. The number of hydrogen-bond donors (Lipinski definition) is 2. The zero-order chi connectivity index (χ0) is 40.2. The summed E-state index contributed by atoms with van der Waals surface area (Å²) in [7, 11) is 5.59. The van der Waals surface area contributed by atoms with Gasteiger partial charge in [-0.2, -0.15) is 18.3 Å². The summed E-state index contributed by atoms with van der Waals surface area (Å²) in [6.07, 6.45) is 1.61. The SMILES string of the molecule is CO[C@H]1CN(c2cccc3c2n(C)c(=O)n3C2CCC(=O)NC2=O)C[C@H]1N(C)C[C@H]1CC[C@H](n2cc3cc(NC(=O)c4cccc(C(F)(F)F)n4)ccc3n2)CC1. The van der Waals surface area contributed by atoms with Crippen molar-refractivity contribution < 1.29 is 32.3 Å². The molecular weight excluding hydrogens is 743 g/mol. The zero-order valence-electron chi connectivity index (χ0n) is 31.8. The van der Waals surface area contributed by atoms with Crippen molar-refractivity contribution in [2.45, 2.75) is 68.9 Å². The standard InChI is InChI=1S/C40H44F3N9O5/c1-48(32-21-50(22-33(32)57-3)29-7-5-8-30-36(29)49(2)39(56)52(30)31-16-17-35(53)46-38(31)55)19-23-10-13-26(14-11-23)51-20-24-18-25(12-15-27(24)47-51)44-37(54)28-6-4-9-34(45-28)40(41,42)43/h4-9,12,15,18,20,23,26,31-33H,10-11,13-14,16-17,19,21-22H2,1-3H3,(H,44,54)(H,46,53,55)/t23-,26-,31?,32-,33+/m1/s1. The minimum absolute atomic E-state index is 0.0664. The Morgan fingerprint density at radius 3 is 2.53 bits per heavy atom. The number of carbonyl (C=O) groups excluding carboxylic acids is 3. The van der Waals surface area contributed by atoms with Crippen LogP contribution in [0.3, 0.4) is 0 Å². The summed E-state index contributed by atoms with van der Waals surface area (Å²) in [5.41, 5.74) is 1.73. The second-order valence-electron chi connectivity index (χ2n) is 15.4. The van der Waals surface area contributed by atoms with E-state index in [0.717, 1.165) is 66.5 Å². The molecule has 5 heterocycles. The molecule has 0 bridgehead atoms. The van der Waals surface area contributed by atoms with Crippen LogP contribution < -0.4 is 21.2 Å². The number of benzene rings is 2. The molecule has 3 aromatic heterocycles. The average Bonchev–Trinajstić information content (AvgIpc) is 3.89. The molecule has 3 fully saturated rings. The van der Waals surface area contributed by atoms with E-state index in [-0.39, 0.29) is 48.3 Å². The van der Waals surface area contributed by atoms with Gasteiger partial charge in [0.25, 0.3) is 5.91 Å². The number of alkyl halides is 3. The minimum atomic E-state index is -4.65. The molecule has 2 aliphatic heterocycles. The monoisotopic (exact) mass is 787 g/mol. The van der Waals surface area contributed by atoms with Crippen LogP contribution in [0.25, 0.3) is 21.9 Å². The van der Waals surface area contributed by atoms with Crippen LogP contribution in [-0.4, -0.2) is 92.5 Å². The lowest BCUT2D eigenvalue weighted by molar-refractivity contribution is -0.141. The molecule has 0 radical (unpaired) electrons. The van der Waals surface area contributed by atoms with E-state index >= 15 is 0 Å². The topological polar surface area (TPSA) is 149 Å². The summed E-state index contributed by atoms with van der Waals surface area (Å²) in [6, 6.07) is 13.8. The van der Waals surface area contributed by atoms with E-state index in [2.05, 4.69) is 32.5 Å². The number of nitrogens with zero attached hydrogens (tertiary/aromatic N) is 7. The van der Waals surface area contributed by atoms with Crippen LogP contribution in [0.5, 0.6) is 0 Å². The van der Waals surface area contributed by atoms with Gasteiger partial charge in [-0.25, -0.2) is 9.78 Å². The molecule has 17 heteroatoms. The molecule has 1 aliphatic carbocycles. The van der Waals surface area contributed by atoms with Gasteiger partial charge in [-0.15, -0.1) is 0 Å². The van der Waals surface area contributed by atoms with Gasteiger partial charge in [-0.3, -0.25) is 38.4 Å². The number of rotatable bonds is 9. The fourth-order valence-electron chi connectivity index (χ4n) is 8.87. The molecule has 2 aromatic carbocycles. The van der Waals surface area contributed by atoms with Crippen LogP contribution in [0.2, 0.25) is 0 Å². The smallest absolute Gasteiger partial charge is 0.378 e. The van der Waals surface area contributed by atoms with E-state index in [1.54, 1.807) is 36.9 Å². The second kappa shape index (κ2) is 15.1. The van der Waals surface area contributed by atoms with Crippen LogP contribution in [0.1, 0.15) is 66.8 Å². The number of methoxy groups -OCH3 is 1. The zero-order valence-corrected chi connectivity index (χ0v) is 31.8. The van der Waals surface area contributed by atoms with Crippen molar-refractivity contribution in [3.05, 3.63) is 82.7 Å². The van der Waals surface area contributed by atoms with Crippen LogP contribution in [-0.2, 0) is 27.5 Å². The molecule has 5 aromatic rings. The molecule has 57 heavy (non-hydrogen) atoms. The molecular formula is C40H44F3N9O5. The molecule has 3 atom stereocenters. The van der Waals surface area contributed by atoms with E-state index in [0.29, 0.717) is 30.2 Å². The summed E-state index contributed by atoms with van der Waals surface area (Å²) in [5.74, 6) is -1.05. The maximum Gasteiger partial charge on any atom is 0.433 e. The number of imidazole rings is 1. The fourth-order valence-corrected chi connectivity index (χ4v) is 8.87. The quantitative estimate of drug-likeness (QED) is 0.199. The Morgan fingerprint density at radius 2 is 1.79 bits per heavy atom. The third kappa shape index (κ3) is 7.41. The van der Waals surface area contributed by atoms with E-state index in [9.17, 15) is 32.3 Å². The van der Waals surface area contributed by atoms with Crippen molar-refractivity contribution >= 4 is 51.0 Å². The van der Waals surface area contributed by atoms with Crippen molar-refractivity contribution in [3.63, 3.8) is 0 Å². The molecule has 2 saturated heterocycles. The number of carbonyl (C=O) groups is 3. The number of likely N-dealkylation sites (N-methyl/N-ethyl adjacent to an activating group) is 1. The highest BCUT2D eigenvalue weighted by atomic mass is 19.4. The maximum absolute atomic E-state index is 13.5. The Hall–Kier alpha value is -5.55. The molecule has 300 valence electrons. The predicted molar refractivity (Wildman–Crippen MR) is 206 cm³/mol. The minimum Gasteiger partial charge on any atom is -0.378 e. The number of amides is 3. The predicted octanol–water partition coefficient (Wildman–Crippen LogP) is 4.90. The maximum atomic E-state index is 13.5. The number of pyridine rings is 1. The van der Waals surface area contributed by atoms with Crippen LogP contribution in [0, 0.1) is 5.92 Å². The van der Waals surface area contributed by atoms with Gasteiger partial charge < -0.3 is 15.0 Å². The number of aryl methyl sites for hydroxylation is 1. The van der Waals surface area contributed by atoms with Crippen molar-refractivity contribution in [3.8, 4) is 0 Å². The molecule has 14 nitrogen and oxygen atoms in total. The number of halogens is 3. The first-order valence-corrected chi connectivity index (χ1v) is 19.1. The highest BCUT2D eigenvalue weighted by Gasteiger charge is 2.39. The van der Waals surface area contributed by atoms with E-state index in [4.69, 9.17) is 9.84 Å². The van der Waals surface area contributed by atoms with Crippen molar-refractivity contribution in [1.29, 1.82) is 0 Å². The summed E-state index contributed by atoms with van der Waals surface area (Å²) >= 11 is 0. The molecule has 1 saturated carbocycles. The number of ether oxygens (including phenoxy) is 1. The first kappa shape index (κ1) is 38.3. The summed E-state index contributed by atoms with van der Waals surface area (Å²) < 4.78 is 50.4. The van der Waals surface area contributed by atoms with Gasteiger partial charge in [0.1, 0.15) is 17.4 Å². The Balaban J connectivity index is 0.897. The van der Waals surface area contributed by atoms with Crippen molar-refractivity contribution in [2.24, 2.45) is 13.0 Å². The summed E-state index contributed by atoms with van der Waals surface area (Å²) in [4.78, 5) is 59.0. The molecule has 8 rings (SSSR count). The van der Waals surface area contributed by atoms with E-state index in [1.165, 1.54) is 10.6 Å². The van der Waals surface area contributed by atoms with Gasteiger partial charge in [0.05, 0.1) is 40.4 Å². The van der Waals surface area contributed by atoms with Crippen molar-refractivity contribution in [1.82, 2.24) is 34.1 Å². The van der Waals surface area contributed by atoms with E-state index < -0.39 is 29.7 Å². The summed E-state index contributed by atoms with van der Waals surface area (Å²) in [6.45, 7) is 2.22. The first-order chi connectivity index (χ1) is 27.3. The molecule has 3 aliphatic rings. The molecule has 2 N–H and O–H groups in total. The lowest BCUT2D eigenvalue weighted by atomic mass is 9.85. The fraction of sp³-hybridized carbons (Fsp3) is 0.450. The number of hydrogen-bond acceptors (Lipinski definition) is 9. The normalized spacial score (nSPS) is 23.1. The number of anilines is 2. The Bertz CT molecular complexity index is 2410. The highest BCUT2D eigenvalue weighted by molar-refractivity contribution is 6.04. The Kier molecular flexibility index (Phi) is 10.1. The molecule has 3 amide bonds. The first-order valence-electron chi connectivity index (χ1n) is 19.1. The Labute approximate surface area is 325 Å². The van der Waals surface area contributed by atoms with Crippen LogP contribution >= 0.6 is 0 Å². The number of piperidine rings is 1. The second-order valence-corrected chi connectivity index (χ2v) is 15.4. The molecule has 1 unspecified atom stereocenters. The van der Waals surface area contributed by atoms with Crippen LogP contribution in [0.15, 0.2) is 65.6 Å². The van der Waals surface area contributed by atoms with Crippen LogP contribution in [0.4, 0.5) is 24.5 Å². The molecule has 0 spiro atoms. The van der Waals surface area contributed by atoms with Gasteiger partial charge in [0, 0.05) is 57.5 Å². The number of nitrogens with one attached hydrogen (secondary N) is 2. The van der Waals surface area contributed by atoms with Gasteiger partial charge in [-0.05, 0) is 87.5 Å². The largest absolute Gasteiger partial charge is 0.433 e. The number of fused-ring (bicyclic) bond motifs is 2. The van der Waals surface area contributed by atoms with Gasteiger partial charge in [-0.1, -0.05) is 12.1 Å². The third-order valence-electron chi connectivity index (χ3n) is 11.8. The van der Waals surface area contributed by atoms with Crippen molar-refractivity contribution in [2.75, 3.05) is 44.0 Å². The van der Waals surface area contributed by atoms with Gasteiger partial charge in [0.15, 0.2) is 0 Å². The number of imide groups is 1. The highest BCUT2D eigenvalue weighted by Crippen LogP contribution is 2.36.